The van der Waals surface area contributed by atoms with Gasteiger partial charge in [-0.3, -0.25) is 4.79 Å². The zero-order valence-electron chi connectivity index (χ0n) is 13.3. The fourth-order valence-corrected chi connectivity index (χ4v) is 2.33. The van der Waals surface area contributed by atoms with Crippen LogP contribution in [-0.4, -0.2) is 51.7 Å². The molecule has 1 amide bonds. The lowest BCUT2D eigenvalue weighted by Gasteiger charge is -2.36. The number of hydrogen-bond donors (Lipinski definition) is 2. The molecule has 0 aromatic rings. The summed E-state index contributed by atoms with van der Waals surface area (Å²) in [5.74, 6) is -1.50. The summed E-state index contributed by atoms with van der Waals surface area (Å²) in [6.45, 7) is 10.7. The van der Waals surface area contributed by atoms with Gasteiger partial charge in [0.15, 0.2) is 8.32 Å². The molecule has 0 aromatic carbocycles. The number of carbonyl (C=O) groups excluding carboxylic acids is 1. The molecule has 0 unspecified atom stereocenters. The molecule has 0 aromatic heterocycles. The van der Waals surface area contributed by atoms with Crippen molar-refractivity contribution in [2.45, 2.75) is 51.4 Å². The number of carbonyl (C=O) groups is 2. The molecule has 0 heterocycles. The van der Waals surface area contributed by atoms with Gasteiger partial charge in [0.25, 0.3) is 0 Å². The Balaban J connectivity index is 4.37. The van der Waals surface area contributed by atoms with Crippen LogP contribution in [0.2, 0.25) is 18.1 Å². The summed E-state index contributed by atoms with van der Waals surface area (Å²) in [6, 6.07) is -0.942. The molecule has 1 atom stereocenters. The van der Waals surface area contributed by atoms with E-state index in [0.717, 1.165) is 0 Å². The second-order valence-corrected chi connectivity index (χ2v) is 11.1. The van der Waals surface area contributed by atoms with Crippen LogP contribution in [0, 0.1) is 0 Å². The van der Waals surface area contributed by atoms with E-state index in [1.165, 1.54) is 7.11 Å². The molecule has 20 heavy (non-hydrogen) atoms. The molecule has 0 rings (SSSR count). The number of amides is 1. The summed E-state index contributed by atoms with van der Waals surface area (Å²) in [6.07, 6.45) is 0.247. The number of hydrogen-bond acceptors (Lipinski definition) is 4. The van der Waals surface area contributed by atoms with Crippen LogP contribution in [-0.2, 0) is 18.8 Å². The van der Waals surface area contributed by atoms with Gasteiger partial charge in [0.1, 0.15) is 12.6 Å². The van der Waals surface area contributed by atoms with Crippen molar-refractivity contribution in [3.8, 4) is 0 Å². The molecule has 6 nitrogen and oxygen atoms in total. The number of aliphatic carboxylic acids is 1. The van der Waals surface area contributed by atoms with Gasteiger partial charge < -0.3 is 19.6 Å². The Morgan fingerprint density at radius 1 is 1.30 bits per heavy atom. The van der Waals surface area contributed by atoms with Crippen molar-refractivity contribution in [2.24, 2.45) is 0 Å². The van der Waals surface area contributed by atoms with Gasteiger partial charge in [-0.1, -0.05) is 20.8 Å². The molecule has 0 fully saturated rings. The van der Waals surface area contributed by atoms with Crippen molar-refractivity contribution < 1.29 is 23.9 Å². The van der Waals surface area contributed by atoms with Gasteiger partial charge >= 0.3 is 5.97 Å². The van der Waals surface area contributed by atoms with Gasteiger partial charge in [-0.15, -0.1) is 0 Å². The zero-order valence-corrected chi connectivity index (χ0v) is 14.3. The van der Waals surface area contributed by atoms with Crippen LogP contribution in [0.25, 0.3) is 0 Å². The minimum Gasteiger partial charge on any atom is -0.480 e. The third-order valence-electron chi connectivity index (χ3n) is 3.58. The Kier molecular flexibility index (Phi) is 7.39. The van der Waals surface area contributed by atoms with E-state index in [1.54, 1.807) is 0 Å². The highest BCUT2D eigenvalue weighted by molar-refractivity contribution is 6.74. The van der Waals surface area contributed by atoms with Crippen LogP contribution in [0.5, 0.6) is 0 Å². The largest absolute Gasteiger partial charge is 0.480 e. The number of carboxylic acids is 1. The Bertz CT molecular complexity index is 338. The standard InChI is InChI=1S/C13H27NO5Si/c1-13(2,3)20(5,6)19-8-7-10(12(16)17)14-11(15)9-18-4/h10H,7-9H2,1-6H3,(H,14,15)(H,16,17)/t10-/m1/s1. The first-order chi connectivity index (χ1) is 9.01. The van der Waals surface area contributed by atoms with E-state index in [-0.39, 0.29) is 18.1 Å². The third-order valence-corrected chi connectivity index (χ3v) is 8.12. The fourth-order valence-electron chi connectivity index (χ4n) is 1.27. The summed E-state index contributed by atoms with van der Waals surface area (Å²) >= 11 is 0. The Morgan fingerprint density at radius 2 is 1.85 bits per heavy atom. The topological polar surface area (TPSA) is 84.9 Å². The van der Waals surface area contributed by atoms with Crippen LogP contribution < -0.4 is 5.32 Å². The third kappa shape index (κ3) is 6.49. The lowest BCUT2D eigenvalue weighted by molar-refractivity contribution is -0.142. The number of carboxylic acid groups (broad SMARTS) is 1. The Labute approximate surface area is 122 Å². The van der Waals surface area contributed by atoms with Crippen molar-refractivity contribution in [1.29, 1.82) is 0 Å². The fraction of sp³-hybridized carbons (Fsp3) is 0.846. The van der Waals surface area contributed by atoms with E-state index in [1.807, 2.05) is 0 Å². The maximum absolute atomic E-state index is 11.3. The van der Waals surface area contributed by atoms with E-state index in [4.69, 9.17) is 9.53 Å². The highest BCUT2D eigenvalue weighted by Crippen LogP contribution is 2.36. The molecule has 2 N–H and O–H groups in total. The van der Waals surface area contributed by atoms with Crippen LogP contribution in [0.3, 0.4) is 0 Å². The van der Waals surface area contributed by atoms with Crippen molar-refractivity contribution in [3.63, 3.8) is 0 Å². The maximum atomic E-state index is 11.3. The van der Waals surface area contributed by atoms with Crippen molar-refractivity contribution >= 4 is 20.2 Å². The number of ether oxygens (including phenoxy) is 1. The molecule has 0 aliphatic heterocycles. The van der Waals surface area contributed by atoms with Gasteiger partial charge in [-0.2, -0.15) is 0 Å². The molecule has 0 radical (unpaired) electrons. The lowest BCUT2D eigenvalue weighted by atomic mass is 10.2. The first-order valence-electron chi connectivity index (χ1n) is 6.66. The lowest BCUT2D eigenvalue weighted by Crippen LogP contribution is -2.45. The SMILES string of the molecule is COCC(=O)N[C@H](CCO[Si](C)(C)C(C)(C)C)C(=O)O. The number of methoxy groups -OCH3 is 1. The minimum atomic E-state index is -1.89. The molecule has 0 aliphatic rings. The highest BCUT2D eigenvalue weighted by Gasteiger charge is 2.37. The van der Waals surface area contributed by atoms with Gasteiger partial charge in [-0.25, -0.2) is 4.79 Å². The predicted octanol–water partition coefficient (Wildman–Crippen LogP) is 1.61. The summed E-state index contributed by atoms with van der Waals surface area (Å²) in [5, 5.41) is 11.6. The maximum Gasteiger partial charge on any atom is 0.326 e. The first kappa shape index (κ1) is 19.1. The molecule has 0 bridgehead atoms. The average molecular weight is 305 g/mol. The van der Waals surface area contributed by atoms with Crippen molar-refractivity contribution in [1.82, 2.24) is 5.32 Å². The second kappa shape index (κ2) is 7.75. The summed E-state index contributed by atoms with van der Waals surface area (Å²) in [7, 11) is -0.507. The number of rotatable bonds is 8. The minimum absolute atomic E-state index is 0.0744. The zero-order chi connectivity index (χ0) is 16.0. The van der Waals surface area contributed by atoms with E-state index >= 15 is 0 Å². The smallest absolute Gasteiger partial charge is 0.326 e. The predicted molar refractivity (Wildman–Crippen MR) is 79.2 cm³/mol. The van der Waals surface area contributed by atoms with Crippen molar-refractivity contribution in [3.05, 3.63) is 0 Å². The molecule has 0 aliphatic carbocycles. The average Bonchev–Trinajstić information content (AvgIpc) is 2.26. The summed E-state index contributed by atoms with van der Waals surface area (Å²) in [4.78, 5) is 22.4. The van der Waals surface area contributed by atoms with E-state index < -0.39 is 26.2 Å². The monoisotopic (exact) mass is 305 g/mol. The van der Waals surface area contributed by atoms with Crippen LogP contribution in [0.1, 0.15) is 27.2 Å². The molecule has 118 valence electrons. The van der Waals surface area contributed by atoms with Gasteiger partial charge in [0.2, 0.25) is 5.91 Å². The Hall–Kier alpha value is -0.923. The quantitative estimate of drug-likeness (QED) is 0.666. The highest BCUT2D eigenvalue weighted by atomic mass is 28.4. The van der Waals surface area contributed by atoms with Crippen LogP contribution >= 0.6 is 0 Å². The molecule has 7 heteroatoms. The molecular weight excluding hydrogens is 278 g/mol. The first-order valence-corrected chi connectivity index (χ1v) is 9.57. The van der Waals surface area contributed by atoms with Crippen LogP contribution in [0.15, 0.2) is 0 Å². The molecular formula is C13H27NO5Si. The Morgan fingerprint density at radius 3 is 2.25 bits per heavy atom. The normalized spacial score (nSPS) is 13.9. The second-order valence-electron chi connectivity index (χ2n) is 6.29. The molecule has 0 spiro atoms. The van der Waals surface area contributed by atoms with E-state index in [2.05, 4.69) is 43.9 Å². The van der Waals surface area contributed by atoms with E-state index in [0.29, 0.717) is 6.61 Å². The number of nitrogens with one attached hydrogen (secondary N) is 1. The van der Waals surface area contributed by atoms with Crippen molar-refractivity contribution in [2.75, 3.05) is 20.3 Å². The molecule has 0 saturated carbocycles. The van der Waals surface area contributed by atoms with Crippen LogP contribution in [0.4, 0.5) is 0 Å². The van der Waals surface area contributed by atoms with E-state index in [9.17, 15) is 9.59 Å². The van der Waals surface area contributed by atoms with Gasteiger partial charge in [0, 0.05) is 20.1 Å². The summed E-state index contributed by atoms with van der Waals surface area (Å²) < 4.78 is 10.6. The van der Waals surface area contributed by atoms with Gasteiger partial charge in [-0.05, 0) is 18.1 Å². The van der Waals surface area contributed by atoms with Gasteiger partial charge in [0.05, 0.1) is 0 Å². The molecule has 0 saturated heterocycles. The summed E-state index contributed by atoms with van der Waals surface area (Å²) in [5.41, 5.74) is 0.